The van der Waals surface area contributed by atoms with Crippen LogP contribution in [0.4, 0.5) is 44.3 Å². The first-order chi connectivity index (χ1) is 19.9. The second kappa shape index (κ2) is 13.0. The predicted octanol–water partition coefficient (Wildman–Crippen LogP) is 7.90. The first kappa shape index (κ1) is 33.4. The number of hydrogen-bond acceptors (Lipinski definition) is 3. The molecule has 5 nitrogen and oxygen atoms in total. The molecule has 43 heavy (non-hydrogen) atoms. The maximum absolute atomic E-state index is 13.5. The first-order valence-electron chi connectivity index (χ1n) is 12.8. The van der Waals surface area contributed by atoms with Crippen LogP contribution in [0.1, 0.15) is 30.5 Å². The van der Waals surface area contributed by atoms with Gasteiger partial charge >= 0.3 is 24.9 Å². The third-order valence-electron chi connectivity index (χ3n) is 6.45. The molecular formula is C29H27F9N2O3. The fraction of sp³-hybridized carbons (Fsp3) is 0.345. The van der Waals surface area contributed by atoms with Gasteiger partial charge in [-0.05, 0) is 53.3 Å². The number of carbonyl (C=O) groups excluding carboxylic acids is 1. The normalized spacial score (nSPS) is 13.4. The van der Waals surface area contributed by atoms with E-state index >= 15 is 0 Å². The van der Waals surface area contributed by atoms with Gasteiger partial charge in [0.15, 0.2) is 0 Å². The van der Waals surface area contributed by atoms with Crippen LogP contribution >= 0.6 is 0 Å². The summed E-state index contributed by atoms with van der Waals surface area (Å²) < 4.78 is 127. The van der Waals surface area contributed by atoms with E-state index in [0.717, 1.165) is 24.3 Å². The number of carbonyl (C=O) groups is 1. The zero-order valence-electron chi connectivity index (χ0n) is 22.7. The van der Waals surface area contributed by atoms with Crippen LogP contribution in [0.25, 0.3) is 0 Å². The van der Waals surface area contributed by atoms with Crippen molar-refractivity contribution in [3.63, 3.8) is 0 Å². The minimum Gasteiger partial charge on any atom is -0.406 e. The second-order valence-electron chi connectivity index (χ2n) is 9.99. The van der Waals surface area contributed by atoms with Crippen LogP contribution in [0.2, 0.25) is 0 Å². The first-order valence-corrected chi connectivity index (χ1v) is 12.8. The number of halogens is 9. The van der Waals surface area contributed by atoms with Crippen LogP contribution < -0.4 is 20.1 Å². The fourth-order valence-electron chi connectivity index (χ4n) is 4.61. The van der Waals surface area contributed by atoms with Crippen LogP contribution in [0.3, 0.4) is 0 Å². The molecule has 0 radical (unpaired) electrons. The second-order valence-corrected chi connectivity index (χ2v) is 9.99. The molecular weight excluding hydrogens is 595 g/mol. The number of rotatable bonds is 10. The molecule has 0 unspecified atom stereocenters. The minimum absolute atomic E-state index is 0.0544. The van der Waals surface area contributed by atoms with E-state index in [0.29, 0.717) is 5.56 Å². The summed E-state index contributed by atoms with van der Waals surface area (Å²) in [5.74, 6) is -2.37. The lowest BCUT2D eigenvalue weighted by atomic mass is 9.70. The Kier molecular flexibility index (Phi) is 10.1. The maximum atomic E-state index is 13.5. The number of ether oxygens (including phenoxy) is 2. The van der Waals surface area contributed by atoms with Crippen molar-refractivity contribution in [3.05, 3.63) is 95.6 Å². The van der Waals surface area contributed by atoms with Crippen molar-refractivity contribution >= 4 is 6.03 Å². The topological polar surface area (TPSA) is 59.6 Å². The summed E-state index contributed by atoms with van der Waals surface area (Å²) in [7, 11) is 0. The highest BCUT2D eigenvalue weighted by Crippen LogP contribution is 2.40. The van der Waals surface area contributed by atoms with Crippen molar-refractivity contribution in [2.24, 2.45) is 5.92 Å². The zero-order chi connectivity index (χ0) is 32.1. The summed E-state index contributed by atoms with van der Waals surface area (Å²) in [6.07, 6.45) is -15.1. The van der Waals surface area contributed by atoms with Crippen molar-refractivity contribution in [3.8, 4) is 11.5 Å². The molecule has 2 amide bonds. The van der Waals surface area contributed by atoms with Crippen LogP contribution in [0.5, 0.6) is 11.5 Å². The molecule has 3 aromatic carbocycles. The highest BCUT2D eigenvalue weighted by Gasteiger charge is 2.43. The molecule has 14 heteroatoms. The number of benzene rings is 3. The Morgan fingerprint density at radius 1 is 0.721 bits per heavy atom. The van der Waals surface area contributed by atoms with Gasteiger partial charge in [-0.2, -0.15) is 13.2 Å². The van der Waals surface area contributed by atoms with Crippen LogP contribution in [-0.2, 0) is 11.8 Å². The molecule has 3 rings (SSSR count). The Labute approximate surface area is 241 Å². The summed E-state index contributed by atoms with van der Waals surface area (Å²) in [5.41, 5.74) is -0.984. The minimum atomic E-state index is -5.08. The van der Waals surface area contributed by atoms with E-state index in [1.807, 2.05) is 5.32 Å². The molecule has 0 fully saturated rings. The summed E-state index contributed by atoms with van der Waals surface area (Å²) >= 11 is 0. The molecule has 0 bridgehead atoms. The smallest absolute Gasteiger partial charge is 0.406 e. The van der Waals surface area contributed by atoms with Crippen LogP contribution in [0, 0.1) is 5.92 Å². The molecule has 0 spiro atoms. The number of amides is 2. The fourth-order valence-corrected chi connectivity index (χ4v) is 4.61. The molecule has 2 N–H and O–H groups in total. The molecule has 0 saturated carbocycles. The highest BCUT2D eigenvalue weighted by atomic mass is 19.4. The van der Waals surface area contributed by atoms with Gasteiger partial charge in [-0.1, -0.05) is 68.4 Å². The van der Waals surface area contributed by atoms with Crippen LogP contribution in [-0.4, -0.2) is 37.5 Å². The van der Waals surface area contributed by atoms with Gasteiger partial charge in [0.1, 0.15) is 17.5 Å². The Morgan fingerprint density at radius 3 is 1.63 bits per heavy atom. The molecule has 0 aliphatic heterocycles. The highest BCUT2D eigenvalue weighted by molar-refractivity contribution is 5.74. The average molecular weight is 623 g/mol. The average Bonchev–Trinajstić information content (AvgIpc) is 2.88. The van der Waals surface area contributed by atoms with Crippen molar-refractivity contribution in [2.45, 2.75) is 50.6 Å². The zero-order valence-corrected chi connectivity index (χ0v) is 22.7. The Morgan fingerprint density at radius 2 is 1.21 bits per heavy atom. The van der Waals surface area contributed by atoms with Gasteiger partial charge in [-0.3, -0.25) is 0 Å². The Bertz CT molecular complexity index is 1300. The van der Waals surface area contributed by atoms with E-state index in [-0.39, 0.29) is 17.5 Å². The third-order valence-corrected chi connectivity index (χ3v) is 6.45. The van der Waals surface area contributed by atoms with E-state index in [4.69, 9.17) is 0 Å². The SMILES string of the molecule is CC(C)[C@@H](NC(=O)NCC(Cc1ccccc1)(c1cccc(OC(F)(F)F)c1)c1cccc(OC(F)(F)F)c1)C(F)(F)F. The molecule has 0 saturated heterocycles. The molecule has 234 valence electrons. The molecule has 0 aliphatic rings. The molecule has 0 heterocycles. The molecule has 0 aromatic heterocycles. The van der Waals surface area contributed by atoms with Crippen molar-refractivity contribution in [1.82, 2.24) is 10.6 Å². The number of nitrogens with one attached hydrogen (secondary N) is 2. The van der Waals surface area contributed by atoms with E-state index in [9.17, 15) is 44.3 Å². The maximum Gasteiger partial charge on any atom is 0.573 e. The summed E-state index contributed by atoms with van der Waals surface area (Å²) in [5, 5.41) is 4.22. The van der Waals surface area contributed by atoms with Gasteiger partial charge in [0.2, 0.25) is 0 Å². The van der Waals surface area contributed by atoms with E-state index in [1.165, 1.54) is 38.1 Å². The third kappa shape index (κ3) is 9.72. The number of urea groups is 1. The van der Waals surface area contributed by atoms with Gasteiger partial charge in [-0.15, -0.1) is 26.3 Å². The quantitative estimate of drug-likeness (QED) is 0.226. The van der Waals surface area contributed by atoms with Gasteiger partial charge < -0.3 is 20.1 Å². The predicted molar refractivity (Wildman–Crippen MR) is 138 cm³/mol. The van der Waals surface area contributed by atoms with Crippen molar-refractivity contribution < 1.29 is 53.8 Å². The van der Waals surface area contributed by atoms with E-state index in [2.05, 4.69) is 14.8 Å². The van der Waals surface area contributed by atoms with Gasteiger partial charge in [0.25, 0.3) is 0 Å². The standard InChI is InChI=1S/C29H27F9N2O3/c1-18(2)24(27(30,31)32)40-25(41)39-17-26(16-19-8-4-3-5-9-19,20-10-6-12-22(14-20)42-28(33,34)35)21-11-7-13-23(15-21)43-29(36,37)38/h3-15,18,24H,16-17H2,1-2H3,(H2,39,40,41)/t24-/m1/s1. The van der Waals surface area contributed by atoms with Gasteiger partial charge in [-0.25, -0.2) is 4.79 Å². The van der Waals surface area contributed by atoms with Crippen molar-refractivity contribution in [1.29, 1.82) is 0 Å². The summed E-state index contributed by atoms with van der Waals surface area (Å²) in [6, 6.07) is 13.9. The largest absolute Gasteiger partial charge is 0.573 e. The van der Waals surface area contributed by atoms with Gasteiger partial charge in [0.05, 0.1) is 0 Å². The summed E-state index contributed by atoms with van der Waals surface area (Å²) in [6.45, 7) is 1.94. The summed E-state index contributed by atoms with van der Waals surface area (Å²) in [4.78, 5) is 12.8. The monoisotopic (exact) mass is 622 g/mol. The lowest BCUT2D eigenvalue weighted by Gasteiger charge is -2.36. The van der Waals surface area contributed by atoms with Crippen molar-refractivity contribution in [2.75, 3.05) is 6.54 Å². The Balaban J connectivity index is 2.18. The van der Waals surface area contributed by atoms with Crippen LogP contribution in [0.15, 0.2) is 78.9 Å². The number of hydrogen-bond donors (Lipinski definition) is 2. The number of alkyl halides is 9. The van der Waals surface area contributed by atoms with E-state index < -0.39 is 60.4 Å². The van der Waals surface area contributed by atoms with E-state index in [1.54, 1.807) is 30.3 Å². The van der Waals surface area contributed by atoms with Gasteiger partial charge in [0, 0.05) is 12.0 Å². The Hall–Kier alpha value is -4.10. The lowest BCUT2D eigenvalue weighted by molar-refractivity contribution is -0.275. The molecule has 0 aliphatic carbocycles. The molecule has 1 atom stereocenters. The lowest BCUT2D eigenvalue weighted by Crippen LogP contribution is -2.54. The molecule has 3 aromatic rings.